The molecule has 0 aliphatic rings. The maximum atomic E-state index is 13.8. The van der Waals surface area contributed by atoms with E-state index in [0.717, 1.165) is 0 Å². The van der Waals surface area contributed by atoms with Gasteiger partial charge in [0, 0.05) is 0 Å². The highest BCUT2D eigenvalue weighted by Gasteiger charge is 2.37. The molecule has 0 bridgehead atoms. The minimum Gasteiger partial charge on any atom is -0.203 e. The minimum atomic E-state index is -3.84. The van der Waals surface area contributed by atoms with E-state index in [4.69, 9.17) is 0 Å². The summed E-state index contributed by atoms with van der Waals surface area (Å²) >= 11 is -0.974. The minimum absolute atomic E-state index is 0.974. The lowest BCUT2D eigenvalue weighted by atomic mass is 10.3. The Hall–Kier alpha value is -2.01. The van der Waals surface area contributed by atoms with Crippen molar-refractivity contribution in [2.24, 2.45) is 4.13 Å². The highest BCUT2D eigenvalue weighted by atomic mass is 32.1. The Kier molecular flexibility index (Phi) is 5.71. The molecule has 14 heteroatoms. The molecule has 0 atom stereocenters. The number of benzene rings is 2. The summed E-state index contributed by atoms with van der Waals surface area (Å²) in [5.41, 5.74) is 0. The molecule has 2 aromatic carbocycles. The summed E-state index contributed by atoms with van der Waals surface area (Å²) in [5.74, 6) is -26.0. The molecule has 26 heavy (non-hydrogen) atoms. The molecule has 0 heterocycles. The highest BCUT2D eigenvalue weighted by molar-refractivity contribution is 7.77. The molecule has 2 rings (SSSR count). The van der Waals surface area contributed by atoms with Gasteiger partial charge in [-0.1, -0.05) is 0 Å². The van der Waals surface area contributed by atoms with Crippen LogP contribution in [0.15, 0.2) is 4.13 Å². The Morgan fingerprint density at radius 1 is 0.500 bits per heavy atom. The quantitative estimate of drug-likeness (QED) is 0.317. The van der Waals surface area contributed by atoms with Gasteiger partial charge in [-0.05, 0) is 0 Å². The number of nitrogens with zero attached hydrogens (tertiary/aromatic N) is 1. The maximum absolute atomic E-state index is 13.8. The smallest absolute Gasteiger partial charge is 0.203 e. The standard InChI is InChI=1S/C12F10NOPS/c13-1-3(15)7(19)11(8(20)4(1)16)25(23-26-24)12-9(21)5(17)2(14)6(18)10(12)22. The monoisotopic (exact) mass is 427 g/mol. The van der Waals surface area contributed by atoms with Crippen LogP contribution in [0.1, 0.15) is 0 Å². The van der Waals surface area contributed by atoms with Crippen molar-refractivity contribution in [3.63, 3.8) is 0 Å². The second-order valence-corrected chi connectivity index (χ2v) is 6.63. The molecule has 0 N–H and O–H groups in total. The van der Waals surface area contributed by atoms with Crippen molar-refractivity contribution >= 4 is 30.1 Å². The van der Waals surface area contributed by atoms with Gasteiger partial charge < -0.3 is 0 Å². The third-order valence-corrected chi connectivity index (χ3v) is 5.46. The fraction of sp³-hybridized carbons (Fsp3) is 0. The van der Waals surface area contributed by atoms with Crippen LogP contribution in [-0.4, -0.2) is 4.21 Å². The average molecular weight is 427 g/mol. The van der Waals surface area contributed by atoms with Gasteiger partial charge in [0.05, 0.1) is 10.6 Å². The average Bonchev–Trinajstić information content (AvgIpc) is 2.61. The predicted molar refractivity (Wildman–Crippen MR) is 69.2 cm³/mol. The topological polar surface area (TPSA) is 29.4 Å². The van der Waals surface area contributed by atoms with Gasteiger partial charge in [-0.15, -0.1) is 0 Å². The summed E-state index contributed by atoms with van der Waals surface area (Å²) < 4.78 is 148. The Labute approximate surface area is 141 Å². The highest BCUT2D eigenvalue weighted by Crippen LogP contribution is 2.41. The van der Waals surface area contributed by atoms with Gasteiger partial charge in [-0.3, -0.25) is 0 Å². The van der Waals surface area contributed by atoms with Crippen molar-refractivity contribution < 1.29 is 48.1 Å². The SMILES string of the molecule is O=S=NP(c1c(F)c(F)c(F)c(F)c1F)c1c(F)c(F)c(F)c(F)c1F. The molecule has 0 amide bonds. The molecule has 140 valence electrons. The van der Waals surface area contributed by atoms with Crippen molar-refractivity contribution in [2.45, 2.75) is 0 Å². The van der Waals surface area contributed by atoms with Gasteiger partial charge in [0.2, 0.25) is 23.1 Å². The second-order valence-electron chi connectivity index (χ2n) is 4.31. The molecular formula is C12F10NOPS. The van der Waals surface area contributed by atoms with E-state index in [0.29, 0.717) is 0 Å². The number of hydrogen-bond acceptors (Lipinski definition) is 2. The zero-order valence-electron chi connectivity index (χ0n) is 11.5. The van der Waals surface area contributed by atoms with Crippen LogP contribution in [0.2, 0.25) is 0 Å². The van der Waals surface area contributed by atoms with Crippen molar-refractivity contribution in [3.05, 3.63) is 58.2 Å². The molecule has 0 aromatic heterocycles. The van der Waals surface area contributed by atoms with Crippen LogP contribution in [0.5, 0.6) is 0 Å². The lowest BCUT2D eigenvalue weighted by Gasteiger charge is -2.16. The first-order chi connectivity index (χ1) is 12.1. The summed E-state index contributed by atoms with van der Waals surface area (Å²) in [4.78, 5) is 0. The molecule has 0 fully saturated rings. The van der Waals surface area contributed by atoms with Crippen molar-refractivity contribution in [3.8, 4) is 0 Å². The fourth-order valence-corrected chi connectivity index (χ4v) is 4.07. The van der Waals surface area contributed by atoms with Crippen molar-refractivity contribution in [1.82, 2.24) is 0 Å². The Morgan fingerprint density at radius 3 is 0.962 bits per heavy atom. The van der Waals surface area contributed by atoms with Crippen LogP contribution in [0.3, 0.4) is 0 Å². The third-order valence-electron chi connectivity index (χ3n) is 2.91. The van der Waals surface area contributed by atoms with E-state index in [1.165, 1.54) is 0 Å². The molecule has 0 aliphatic carbocycles. The largest absolute Gasteiger partial charge is 0.204 e. The van der Waals surface area contributed by atoms with Crippen molar-refractivity contribution in [1.29, 1.82) is 0 Å². The molecule has 2 nitrogen and oxygen atoms in total. The lowest BCUT2D eigenvalue weighted by Crippen LogP contribution is -2.27. The van der Waals surface area contributed by atoms with Gasteiger partial charge in [0.1, 0.15) is 8.07 Å². The van der Waals surface area contributed by atoms with E-state index >= 15 is 0 Å². The molecule has 0 saturated heterocycles. The normalized spacial score (nSPS) is 11.2. The van der Waals surface area contributed by atoms with Gasteiger partial charge in [0.25, 0.3) is 0 Å². The number of hydrogen-bond donors (Lipinski definition) is 0. The summed E-state index contributed by atoms with van der Waals surface area (Å²) in [5, 5.41) is -3.99. The summed E-state index contributed by atoms with van der Waals surface area (Å²) in [6.45, 7) is 0. The molecule has 0 spiro atoms. The first-order valence-electron chi connectivity index (χ1n) is 5.89. The first-order valence-corrected chi connectivity index (χ1v) is 7.88. The van der Waals surface area contributed by atoms with Crippen LogP contribution in [0.4, 0.5) is 43.9 Å². The van der Waals surface area contributed by atoms with E-state index in [-0.39, 0.29) is 0 Å². The predicted octanol–water partition coefficient (Wildman–Crippen LogP) is 3.82. The van der Waals surface area contributed by atoms with Gasteiger partial charge >= 0.3 is 0 Å². The van der Waals surface area contributed by atoms with Crippen LogP contribution >= 0.6 is 8.07 Å². The van der Waals surface area contributed by atoms with Crippen LogP contribution in [0, 0.1) is 58.2 Å². The van der Waals surface area contributed by atoms with E-state index < -0.39 is 88.3 Å². The van der Waals surface area contributed by atoms with Gasteiger partial charge in [0.15, 0.2) is 46.5 Å². The molecule has 2 aromatic rings. The first kappa shape index (κ1) is 20.3. The summed E-state index contributed by atoms with van der Waals surface area (Å²) in [6, 6.07) is 0. The van der Waals surface area contributed by atoms with Crippen molar-refractivity contribution in [2.75, 3.05) is 0 Å². The molecule has 0 aliphatic heterocycles. The zero-order valence-corrected chi connectivity index (χ0v) is 13.2. The van der Waals surface area contributed by atoms with E-state index in [9.17, 15) is 48.1 Å². The summed E-state index contributed by atoms with van der Waals surface area (Å²) in [7, 11) is -3.84. The van der Waals surface area contributed by atoms with E-state index in [1.54, 1.807) is 0 Å². The molecular weight excluding hydrogens is 427 g/mol. The zero-order chi connectivity index (χ0) is 19.9. The lowest BCUT2D eigenvalue weighted by molar-refractivity contribution is 0.383. The van der Waals surface area contributed by atoms with Crippen LogP contribution in [-0.2, 0) is 11.5 Å². The Balaban J connectivity index is 2.98. The second kappa shape index (κ2) is 7.31. The fourth-order valence-electron chi connectivity index (χ4n) is 1.79. The van der Waals surface area contributed by atoms with E-state index in [1.807, 2.05) is 0 Å². The van der Waals surface area contributed by atoms with Gasteiger partial charge in [-0.2, -0.15) is 8.34 Å². The molecule has 0 saturated carbocycles. The molecule has 0 radical (unpaired) electrons. The molecule has 0 unspecified atom stereocenters. The number of rotatable bonds is 3. The van der Waals surface area contributed by atoms with Crippen LogP contribution < -0.4 is 10.6 Å². The summed E-state index contributed by atoms with van der Waals surface area (Å²) in [6.07, 6.45) is 0. The van der Waals surface area contributed by atoms with E-state index in [2.05, 4.69) is 4.13 Å². The van der Waals surface area contributed by atoms with Crippen LogP contribution in [0.25, 0.3) is 0 Å². The van der Waals surface area contributed by atoms with Gasteiger partial charge in [-0.25, -0.2) is 43.9 Å². The Morgan fingerprint density at radius 2 is 0.731 bits per heavy atom. The maximum Gasteiger partial charge on any atom is 0.204 e. The number of halogens is 10. The third kappa shape index (κ3) is 2.98. The Bertz CT molecular complexity index is 850.